The molecule has 0 aromatic rings. The number of hydrogen-bond acceptors (Lipinski definition) is 7. The number of rotatable bonds is 11. The maximum Gasteiger partial charge on any atom is 0.327 e. The van der Waals surface area contributed by atoms with Gasteiger partial charge in [-0.2, -0.15) is 12.6 Å². The van der Waals surface area contributed by atoms with Crippen molar-refractivity contribution in [3.05, 3.63) is 0 Å². The van der Waals surface area contributed by atoms with Crippen molar-refractivity contribution in [2.24, 2.45) is 11.7 Å². The van der Waals surface area contributed by atoms with E-state index in [0.29, 0.717) is 0 Å². The maximum atomic E-state index is 12.2. The monoisotopic (exact) mass is 378 g/mol. The van der Waals surface area contributed by atoms with Gasteiger partial charge in [0.15, 0.2) is 0 Å². The van der Waals surface area contributed by atoms with Crippen LogP contribution in [0.15, 0.2) is 0 Å². The molecule has 3 amide bonds. The Morgan fingerprint density at radius 3 is 2.12 bits per heavy atom. The first kappa shape index (κ1) is 23.1. The van der Waals surface area contributed by atoms with Crippen molar-refractivity contribution in [1.29, 1.82) is 0 Å². The molecule has 3 atom stereocenters. The number of carbonyl (C=O) groups excluding carboxylic acids is 3. The minimum atomic E-state index is -1.23. The standard InChI is InChI=1S/C14H26N4O6S/c1-7(2)3-9(13(22)18-10(6-25)14(23)24)17-11(20)4-16-12(21)8(15)5-19/h7-10,19,25H,3-6,15H2,1-2H3,(H,16,21)(H,17,20)(H,18,22)(H,23,24). The Morgan fingerprint density at radius 2 is 1.68 bits per heavy atom. The fraction of sp³-hybridized carbons (Fsp3) is 0.714. The summed E-state index contributed by atoms with van der Waals surface area (Å²) in [6, 6.07) is -3.28. The number of thiol groups is 1. The van der Waals surface area contributed by atoms with E-state index in [-0.39, 0.29) is 18.1 Å². The Hall–Kier alpha value is -1.85. The summed E-state index contributed by atoms with van der Waals surface area (Å²) in [5.41, 5.74) is 5.30. The molecule has 0 rings (SSSR count). The number of aliphatic carboxylic acids is 1. The van der Waals surface area contributed by atoms with Crippen LogP contribution >= 0.6 is 12.6 Å². The fourth-order valence-corrected chi connectivity index (χ4v) is 2.03. The van der Waals surface area contributed by atoms with Gasteiger partial charge in [0.05, 0.1) is 13.2 Å². The zero-order chi connectivity index (χ0) is 19.6. The van der Waals surface area contributed by atoms with Crippen molar-refractivity contribution in [2.45, 2.75) is 38.4 Å². The number of nitrogens with two attached hydrogens (primary N) is 1. The van der Waals surface area contributed by atoms with E-state index in [0.717, 1.165) is 0 Å². The highest BCUT2D eigenvalue weighted by atomic mass is 32.1. The molecule has 0 spiro atoms. The first-order chi connectivity index (χ1) is 11.6. The van der Waals surface area contributed by atoms with Gasteiger partial charge in [-0.25, -0.2) is 4.79 Å². The van der Waals surface area contributed by atoms with Crippen LogP contribution in [-0.2, 0) is 19.2 Å². The molecule has 11 heteroatoms. The highest BCUT2D eigenvalue weighted by Crippen LogP contribution is 2.05. The largest absolute Gasteiger partial charge is 0.480 e. The lowest BCUT2D eigenvalue weighted by atomic mass is 10.0. The Bertz CT molecular complexity index is 488. The minimum absolute atomic E-state index is 0.0488. The third kappa shape index (κ3) is 9.27. The van der Waals surface area contributed by atoms with Crippen LogP contribution in [0.4, 0.5) is 0 Å². The lowest BCUT2D eigenvalue weighted by Crippen LogP contribution is -2.54. The lowest BCUT2D eigenvalue weighted by Gasteiger charge is -2.22. The predicted octanol–water partition coefficient (Wildman–Crippen LogP) is -2.55. The van der Waals surface area contributed by atoms with Gasteiger partial charge in [-0.15, -0.1) is 0 Å². The second-order valence-electron chi connectivity index (χ2n) is 5.84. The number of carboxylic acids is 1. The van der Waals surface area contributed by atoms with Crippen LogP contribution in [0.25, 0.3) is 0 Å². The smallest absolute Gasteiger partial charge is 0.327 e. The number of amides is 3. The third-order valence-electron chi connectivity index (χ3n) is 3.11. The van der Waals surface area contributed by atoms with Gasteiger partial charge >= 0.3 is 5.97 Å². The van der Waals surface area contributed by atoms with Gasteiger partial charge in [0, 0.05) is 5.75 Å². The molecule has 144 valence electrons. The number of aliphatic hydroxyl groups excluding tert-OH is 1. The summed E-state index contributed by atoms with van der Waals surface area (Å²) in [5, 5.41) is 24.7. The Labute approximate surface area is 151 Å². The Morgan fingerprint density at radius 1 is 1.08 bits per heavy atom. The quantitative estimate of drug-likeness (QED) is 0.194. The summed E-state index contributed by atoms with van der Waals surface area (Å²) in [4.78, 5) is 46.5. The van der Waals surface area contributed by atoms with Crippen LogP contribution in [0.3, 0.4) is 0 Å². The molecule has 0 radical (unpaired) electrons. The van der Waals surface area contributed by atoms with Gasteiger partial charge in [-0.3, -0.25) is 14.4 Å². The second kappa shape index (κ2) is 11.7. The molecule has 0 aliphatic rings. The topological polar surface area (TPSA) is 171 Å². The van der Waals surface area contributed by atoms with Gasteiger partial charge in [0.2, 0.25) is 17.7 Å². The molecule has 7 N–H and O–H groups in total. The molecule has 0 saturated heterocycles. The van der Waals surface area contributed by atoms with Crippen LogP contribution in [0.5, 0.6) is 0 Å². The molecule has 0 aromatic heterocycles. The maximum absolute atomic E-state index is 12.2. The van der Waals surface area contributed by atoms with Gasteiger partial charge in [-0.05, 0) is 12.3 Å². The lowest BCUT2D eigenvalue weighted by molar-refractivity contribution is -0.141. The van der Waals surface area contributed by atoms with E-state index in [1.54, 1.807) is 0 Å². The van der Waals surface area contributed by atoms with Crippen LogP contribution in [0.1, 0.15) is 20.3 Å². The summed E-state index contributed by atoms with van der Waals surface area (Å²) in [6.45, 7) is 2.68. The SMILES string of the molecule is CC(C)CC(NC(=O)CNC(=O)C(N)CO)C(=O)NC(CS)C(=O)O. The zero-order valence-corrected chi connectivity index (χ0v) is 15.1. The van der Waals surface area contributed by atoms with Gasteiger partial charge in [0.1, 0.15) is 18.1 Å². The molecular weight excluding hydrogens is 352 g/mol. The summed E-state index contributed by atoms with van der Waals surface area (Å²) < 4.78 is 0. The van der Waals surface area contributed by atoms with Crippen molar-refractivity contribution in [3.8, 4) is 0 Å². The minimum Gasteiger partial charge on any atom is -0.480 e. The van der Waals surface area contributed by atoms with Gasteiger partial charge in [-0.1, -0.05) is 13.8 Å². The number of carbonyl (C=O) groups is 4. The molecule has 25 heavy (non-hydrogen) atoms. The van der Waals surface area contributed by atoms with Crippen LogP contribution in [0, 0.1) is 5.92 Å². The first-order valence-corrected chi connectivity index (χ1v) is 8.33. The number of hydrogen-bond donors (Lipinski definition) is 7. The number of carboxylic acid groups (broad SMARTS) is 1. The molecule has 3 unspecified atom stereocenters. The van der Waals surface area contributed by atoms with Crippen LogP contribution in [0.2, 0.25) is 0 Å². The van der Waals surface area contributed by atoms with E-state index in [2.05, 4.69) is 28.6 Å². The summed E-state index contributed by atoms with van der Waals surface area (Å²) in [6.07, 6.45) is 0.278. The zero-order valence-electron chi connectivity index (χ0n) is 14.2. The molecule has 0 aliphatic carbocycles. The van der Waals surface area contributed by atoms with E-state index < -0.39 is 55.0 Å². The highest BCUT2D eigenvalue weighted by Gasteiger charge is 2.26. The van der Waals surface area contributed by atoms with E-state index >= 15 is 0 Å². The van der Waals surface area contributed by atoms with Crippen molar-refractivity contribution in [1.82, 2.24) is 16.0 Å². The molecule has 0 aromatic carbocycles. The normalized spacial score (nSPS) is 14.3. The average Bonchev–Trinajstić information content (AvgIpc) is 2.54. The molecule has 0 saturated carbocycles. The highest BCUT2D eigenvalue weighted by molar-refractivity contribution is 7.80. The number of nitrogens with one attached hydrogen (secondary N) is 3. The number of aliphatic hydroxyl groups is 1. The Balaban J connectivity index is 4.76. The molecule has 0 heterocycles. The molecule has 0 fully saturated rings. The molecule has 10 nitrogen and oxygen atoms in total. The van der Waals surface area contributed by atoms with Gasteiger partial charge in [0.25, 0.3) is 0 Å². The molecule has 0 bridgehead atoms. The van der Waals surface area contributed by atoms with Crippen LogP contribution in [-0.4, -0.2) is 70.9 Å². The summed E-state index contributed by atoms with van der Waals surface area (Å²) >= 11 is 3.86. The summed E-state index contributed by atoms with van der Waals surface area (Å²) in [7, 11) is 0. The Kier molecular flexibility index (Phi) is 10.8. The van der Waals surface area contributed by atoms with E-state index in [4.69, 9.17) is 15.9 Å². The van der Waals surface area contributed by atoms with Crippen molar-refractivity contribution < 1.29 is 29.4 Å². The average molecular weight is 378 g/mol. The third-order valence-corrected chi connectivity index (χ3v) is 3.48. The summed E-state index contributed by atoms with van der Waals surface area (Å²) in [5.74, 6) is -3.28. The fourth-order valence-electron chi connectivity index (χ4n) is 1.79. The van der Waals surface area contributed by atoms with E-state index in [1.165, 1.54) is 0 Å². The van der Waals surface area contributed by atoms with Crippen molar-refractivity contribution in [3.63, 3.8) is 0 Å². The molecule has 0 aliphatic heterocycles. The first-order valence-electron chi connectivity index (χ1n) is 7.69. The van der Waals surface area contributed by atoms with Crippen molar-refractivity contribution >= 4 is 36.3 Å². The van der Waals surface area contributed by atoms with Gasteiger partial charge < -0.3 is 31.9 Å². The van der Waals surface area contributed by atoms with Crippen LogP contribution < -0.4 is 21.7 Å². The molecular formula is C14H26N4O6S. The van der Waals surface area contributed by atoms with E-state index in [1.807, 2.05) is 13.8 Å². The second-order valence-corrected chi connectivity index (χ2v) is 6.20. The van der Waals surface area contributed by atoms with Crippen molar-refractivity contribution in [2.75, 3.05) is 18.9 Å². The van der Waals surface area contributed by atoms with E-state index in [9.17, 15) is 19.2 Å². The predicted molar refractivity (Wildman–Crippen MR) is 92.9 cm³/mol.